The lowest BCUT2D eigenvalue weighted by Crippen LogP contribution is -2.53. The van der Waals surface area contributed by atoms with Crippen LogP contribution in [0, 0.1) is 0 Å². The molecule has 0 aromatic rings. The van der Waals surface area contributed by atoms with Crippen LogP contribution in [-0.4, -0.2) is 68.6 Å². The van der Waals surface area contributed by atoms with Gasteiger partial charge in [0.25, 0.3) is 0 Å². The molecule has 0 aliphatic carbocycles. The fraction of sp³-hybridized carbons (Fsp3) is 0.600. The molecule has 0 aromatic heterocycles. The van der Waals surface area contributed by atoms with E-state index in [-0.39, 0.29) is 11.8 Å². The summed E-state index contributed by atoms with van der Waals surface area (Å²) in [5.41, 5.74) is 0. The minimum atomic E-state index is -3.15. The SMILES string of the molecule is O=CN1CCN(C(=O)NC2C=CS(=O)(=O)C2)CC1. The second kappa shape index (κ2) is 4.97. The van der Waals surface area contributed by atoms with Gasteiger partial charge in [0.05, 0.1) is 11.8 Å². The zero-order valence-electron chi connectivity index (χ0n) is 9.78. The molecule has 1 saturated heterocycles. The zero-order chi connectivity index (χ0) is 13.2. The number of hydrogen-bond donors (Lipinski definition) is 1. The number of nitrogens with one attached hydrogen (secondary N) is 1. The van der Waals surface area contributed by atoms with Crippen LogP contribution >= 0.6 is 0 Å². The summed E-state index contributed by atoms with van der Waals surface area (Å²) in [7, 11) is -3.15. The predicted molar refractivity (Wildman–Crippen MR) is 64.5 cm³/mol. The summed E-state index contributed by atoms with van der Waals surface area (Å²) in [4.78, 5) is 25.5. The van der Waals surface area contributed by atoms with Gasteiger partial charge in [-0.25, -0.2) is 13.2 Å². The molecule has 2 heterocycles. The highest BCUT2D eigenvalue weighted by Crippen LogP contribution is 2.09. The maximum absolute atomic E-state index is 11.8. The highest BCUT2D eigenvalue weighted by Gasteiger charge is 2.26. The molecule has 7 nitrogen and oxygen atoms in total. The maximum Gasteiger partial charge on any atom is 0.318 e. The summed E-state index contributed by atoms with van der Waals surface area (Å²) < 4.78 is 22.4. The Balaban J connectivity index is 1.83. The van der Waals surface area contributed by atoms with Gasteiger partial charge < -0.3 is 15.1 Å². The Morgan fingerprint density at radius 1 is 1.28 bits per heavy atom. The molecule has 0 saturated carbocycles. The molecular formula is C10H15N3O4S. The van der Waals surface area contributed by atoms with Crippen LogP contribution in [0.15, 0.2) is 11.5 Å². The molecule has 0 radical (unpaired) electrons. The van der Waals surface area contributed by atoms with E-state index in [0.29, 0.717) is 26.2 Å². The van der Waals surface area contributed by atoms with Crippen LogP contribution in [0.1, 0.15) is 0 Å². The third-order valence-electron chi connectivity index (χ3n) is 2.99. The molecule has 1 atom stereocenters. The molecule has 100 valence electrons. The Labute approximate surface area is 105 Å². The van der Waals surface area contributed by atoms with Crippen molar-refractivity contribution in [3.8, 4) is 0 Å². The quantitative estimate of drug-likeness (QED) is 0.639. The van der Waals surface area contributed by atoms with Crippen molar-refractivity contribution >= 4 is 22.3 Å². The Bertz CT molecular complexity index is 466. The van der Waals surface area contributed by atoms with Gasteiger partial charge in [-0.1, -0.05) is 0 Å². The van der Waals surface area contributed by atoms with Gasteiger partial charge in [0.2, 0.25) is 6.41 Å². The van der Waals surface area contributed by atoms with Crippen molar-refractivity contribution in [1.82, 2.24) is 15.1 Å². The standard InChI is InChI=1S/C10H15N3O4S/c14-8-12-2-4-13(5-3-12)10(15)11-9-1-6-18(16,17)7-9/h1,6,8-9H,2-5,7H2,(H,11,15). The molecular weight excluding hydrogens is 258 g/mol. The van der Waals surface area contributed by atoms with E-state index >= 15 is 0 Å². The molecule has 1 fully saturated rings. The van der Waals surface area contributed by atoms with E-state index in [0.717, 1.165) is 11.8 Å². The van der Waals surface area contributed by atoms with Crippen LogP contribution in [0.25, 0.3) is 0 Å². The van der Waals surface area contributed by atoms with Gasteiger partial charge in [0.1, 0.15) is 0 Å². The minimum absolute atomic E-state index is 0.0763. The van der Waals surface area contributed by atoms with Gasteiger partial charge in [-0.15, -0.1) is 0 Å². The summed E-state index contributed by atoms with van der Waals surface area (Å²) in [5, 5.41) is 3.78. The van der Waals surface area contributed by atoms with Crippen LogP contribution in [-0.2, 0) is 14.6 Å². The monoisotopic (exact) mass is 273 g/mol. The number of hydrogen-bond acceptors (Lipinski definition) is 4. The van der Waals surface area contributed by atoms with Crippen LogP contribution in [0.2, 0.25) is 0 Å². The van der Waals surface area contributed by atoms with Crippen molar-refractivity contribution in [3.63, 3.8) is 0 Å². The number of rotatable bonds is 2. The fourth-order valence-electron chi connectivity index (χ4n) is 1.95. The smallest absolute Gasteiger partial charge is 0.318 e. The lowest BCUT2D eigenvalue weighted by molar-refractivity contribution is -0.119. The summed E-state index contributed by atoms with van der Waals surface area (Å²) in [6, 6.07) is -0.737. The third kappa shape index (κ3) is 3.00. The zero-order valence-corrected chi connectivity index (χ0v) is 10.6. The van der Waals surface area contributed by atoms with Gasteiger partial charge >= 0.3 is 6.03 Å². The summed E-state index contributed by atoms with van der Waals surface area (Å²) in [6.45, 7) is 1.95. The number of urea groups is 1. The molecule has 18 heavy (non-hydrogen) atoms. The van der Waals surface area contributed by atoms with Crippen LogP contribution in [0.4, 0.5) is 4.79 Å². The Morgan fingerprint density at radius 3 is 2.44 bits per heavy atom. The molecule has 0 bridgehead atoms. The Hall–Kier alpha value is -1.57. The third-order valence-corrected chi connectivity index (χ3v) is 4.39. The Morgan fingerprint density at radius 2 is 1.94 bits per heavy atom. The second-order valence-electron chi connectivity index (χ2n) is 4.34. The van der Waals surface area contributed by atoms with Crippen LogP contribution in [0.3, 0.4) is 0 Å². The van der Waals surface area contributed by atoms with Crippen molar-refractivity contribution in [1.29, 1.82) is 0 Å². The second-order valence-corrected chi connectivity index (χ2v) is 6.27. The molecule has 1 N–H and O–H groups in total. The number of carbonyl (C=O) groups is 2. The molecule has 0 aromatic carbocycles. The van der Waals surface area contributed by atoms with Crippen molar-refractivity contribution in [2.45, 2.75) is 6.04 Å². The lowest BCUT2D eigenvalue weighted by atomic mass is 10.3. The molecule has 8 heteroatoms. The van der Waals surface area contributed by atoms with E-state index in [2.05, 4.69) is 5.32 Å². The first-order valence-corrected chi connectivity index (χ1v) is 7.37. The lowest BCUT2D eigenvalue weighted by Gasteiger charge is -2.33. The van der Waals surface area contributed by atoms with Crippen molar-refractivity contribution in [3.05, 3.63) is 11.5 Å². The number of carbonyl (C=O) groups excluding carboxylic acids is 2. The van der Waals surface area contributed by atoms with Crippen LogP contribution < -0.4 is 5.32 Å². The molecule has 0 spiro atoms. The largest absolute Gasteiger partial charge is 0.342 e. The first-order valence-electron chi connectivity index (χ1n) is 5.66. The van der Waals surface area contributed by atoms with E-state index in [1.807, 2.05) is 0 Å². The average molecular weight is 273 g/mol. The normalized spacial score (nSPS) is 26.1. The highest BCUT2D eigenvalue weighted by molar-refractivity contribution is 7.94. The van der Waals surface area contributed by atoms with Gasteiger partial charge in [0, 0.05) is 31.6 Å². The van der Waals surface area contributed by atoms with Crippen molar-refractivity contribution in [2.75, 3.05) is 31.9 Å². The van der Waals surface area contributed by atoms with E-state index in [1.165, 1.54) is 6.08 Å². The van der Waals surface area contributed by atoms with E-state index in [9.17, 15) is 18.0 Å². The average Bonchev–Trinajstić information content (AvgIpc) is 2.68. The van der Waals surface area contributed by atoms with E-state index < -0.39 is 15.9 Å². The van der Waals surface area contributed by atoms with Gasteiger partial charge in [-0.3, -0.25) is 4.79 Å². The topological polar surface area (TPSA) is 86.8 Å². The number of nitrogens with zero attached hydrogens (tertiary/aromatic N) is 2. The minimum Gasteiger partial charge on any atom is -0.342 e. The molecule has 2 aliphatic rings. The number of sulfone groups is 1. The molecule has 3 amide bonds. The van der Waals surface area contributed by atoms with Gasteiger partial charge in [-0.05, 0) is 6.08 Å². The summed E-state index contributed by atoms with van der Waals surface area (Å²) in [5.74, 6) is -0.0763. The molecule has 1 unspecified atom stereocenters. The number of amides is 3. The number of piperazine rings is 1. The van der Waals surface area contributed by atoms with Crippen LogP contribution in [0.5, 0.6) is 0 Å². The van der Waals surface area contributed by atoms with Crippen molar-refractivity contribution in [2.24, 2.45) is 0 Å². The fourth-order valence-corrected chi connectivity index (χ4v) is 3.18. The summed E-state index contributed by atoms with van der Waals surface area (Å²) in [6.07, 6.45) is 2.25. The van der Waals surface area contributed by atoms with Gasteiger partial charge in [0.15, 0.2) is 9.84 Å². The predicted octanol–water partition coefficient (Wildman–Crippen LogP) is -1.22. The molecule has 2 aliphatic heterocycles. The highest BCUT2D eigenvalue weighted by atomic mass is 32.2. The summed E-state index contributed by atoms with van der Waals surface area (Å²) >= 11 is 0. The van der Waals surface area contributed by atoms with E-state index in [1.54, 1.807) is 9.80 Å². The maximum atomic E-state index is 11.8. The molecule has 2 rings (SSSR count). The van der Waals surface area contributed by atoms with Gasteiger partial charge in [-0.2, -0.15) is 0 Å². The Kier molecular flexibility index (Phi) is 3.55. The first kappa shape index (κ1) is 12.9. The van der Waals surface area contributed by atoms with Crippen molar-refractivity contribution < 1.29 is 18.0 Å². The first-order chi connectivity index (χ1) is 8.50. The van der Waals surface area contributed by atoms with E-state index in [4.69, 9.17) is 0 Å².